The van der Waals surface area contributed by atoms with Gasteiger partial charge in [0, 0.05) is 5.56 Å². The molecule has 0 saturated heterocycles. The zero-order valence-corrected chi connectivity index (χ0v) is 13.3. The molecule has 0 unspecified atom stereocenters. The van der Waals surface area contributed by atoms with Crippen LogP contribution in [0.2, 0.25) is 0 Å². The van der Waals surface area contributed by atoms with Crippen LogP contribution in [0.1, 0.15) is 10.4 Å². The molecule has 0 fully saturated rings. The van der Waals surface area contributed by atoms with Gasteiger partial charge in [0.05, 0.1) is 36.4 Å². The number of ether oxygens (including phenoxy) is 1. The highest BCUT2D eigenvalue weighted by molar-refractivity contribution is 5.90. The van der Waals surface area contributed by atoms with E-state index in [1.54, 1.807) is 36.5 Å². The lowest BCUT2D eigenvalue weighted by atomic mass is 10.1. The molecule has 3 aromatic rings. The van der Waals surface area contributed by atoms with Crippen molar-refractivity contribution in [3.8, 4) is 22.8 Å². The third-order valence-corrected chi connectivity index (χ3v) is 3.51. The van der Waals surface area contributed by atoms with Gasteiger partial charge in [-0.25, -0.2) is 9.78 Å². The number of aromatic hydroxyl groups is 1. The number of carbonyl (C=O) groups is 1. The highest BCUT2D eigenvalue weighted by Gasteiger charge is 2.10. The Morgan fingerprint density at radius 3 is 2.56 bits per heavy atom. The second-order valence-electron chi connectivity index (χ2n) is 5.18. The van der Waals surface area contributed by atoms with E-state index >= 15 is 0 Å². The predicted molar refractivity (Wildman–Crippen MR) is 92.4 cm³/mol. The van der Waals surface area contributed by atoms with Gasteiger partial charge in [-0.05, 0) is 42.5 Å². The molecule has 3 rings (SSSR count). The molecule has 0 aliphatic carbocycles. The van der Waals surface area contributed by atoms with Crippen LogP contribution in [-0.4, -0.2) is 33.3 Å². The van der Waals surface area contributed by atoms with Gasteiger partial charge in [0.2, 0.25) is 0 Å². The van der Waals surface area contributed by atoms with Crippen LogP contribution in [0.4, 0.5) is 11.5 Å². The van der Waals surface area contributed by atoms with Crippen molar-refractivity contribution in [3.05, 3.63) is 60.4 Å². The second kappa shape index (κ2) is 6.88. The number of hydrogen-bond acceptors (Lipinski definition) is 6. The summed E-state index contributed by atoms with van der Waals surface area (Å²) < 4.78 is 5.25. The molecule has 2 aromatic carbocycles. The van der Waals surface area contributed by atoms with Crippen LogP contribution in [0.3, 0.4) is 0 Å². The molecule has 0 saturated carbocycles. The van der Waals surface area contributed by atoms with E-state index in [2.05, 4.69) is 15.3 Å². The minimum atomic E-state index is -1.03. The van der Waals surface area contributed by atoms with Crippen molar-refractivity contribution in [2.24, 2.45) is 0 Å². The largest absolute Gasteiger partial charge is 0.508 e. The standard InChI is InChI=1S/C18H15N3O4/c1-25-16-7-4-12(18(23)24)8-14(16)20-17-10-19-9-15(21-17)11-2-5-13(22)6-3-11/h2-10,22H,1H3,(H,20,21)(H,23,24). The smallest absolute Gasteiger partial charge is 0.335 e. The summed E-state index contributed by atoms with van der Waals surface area (Å²) in [5.41, 5.74) is 2.00. The summed E-state index contributed by atoms with van der Waals surface area (Å²) >= 11 is 0. The molecular formula is C18H15N3O4. The van der Waals surface area contributed by atoms with E-state index in [-0.39, 0.29) is 11.3 Å². The Morgan fingerprint density at radius 1 is 1.12 bits per heavy atom. The first kappa shape index (κ1) is 16.3. The van der Waals surface area contributed by atoms with Crippen molar-refractivity contribution >= 4 is 17.5 Å². The number of anilines is 2. The fraction of sp³-hybridized carbons (Fsp3) is 0.0556. The molecule has 3 N–H and O–H groups in total. The first-order valence-corrected chi connectivity index (χ1v) is 7.36. The van der Waals surface area contributed by atoms with E-state index in [9.17, 15) is 9.90 Å². The number of aromatic carboxylic acids is 1. The molecule has 0 amide bonds. The highest BCUT2D eigenvalue weighted by Crippen LogP contribution is 2.29. The number of nitrogens with one attached hydrogen (secondary N) is 1. The van der Waals surface area contributed by atoms with Gasteiger partial charge in [0.1, 0.15) is 17.3 Å². The van der Waals surface area contributed by atoms with Gasteiger partial charge >= 0.3 is 5.97 Å². The van der Waals surface area contributed by atoms with Crippen LogP contribution in [0.5, 0.6) is 11.5 Å². The molecule has 0 atom stereocenters. The van der Waals surface area contributed by atoms with Gasteiger partial charge in [-0.1, -0.05) is 0 Å². The van der Waals surface area contributed by atoms with Gasteiger partial charge in [-0.3, -0.25) is 4.98 Å². The Balaban J connectivity index is 1.93. The van der Waals surface area contributed by atoms with Gasteiger partial charge in [-0.15, -0.1) is 0 Å². The molecule has 0 radical (unpaired) electrons. The van der Waals surface area contributed by atoms with Crippen LogP contribution in [0.15, 0.2) is 54.9 Å². The number of nitrogens with zero attached hydrogens (tertiary/aromatic N) is 2. The number of phenolic OH excluding ortho intramolecular Hbond substituents is 1. The maximum absolute atomic E-state index is 11.2. The van der Waals surface area contributed by atoms with Crippen LogP contribution in [0, 0.1) is 0 Å². The molecule has 0 aliphatic rings. The molecule has 126 valence electrons. The minimum absolute atomic E-state index is 0.131. The van der Waals surface area contributed by atoms with Crippen molar-refractivity contribution in [2.45, 2.75) is 0 Å². The van der Waals surface area contributed by atoms with Crippen molar-refractivity contribution < 1.29 is 19.7 Å². The van der Waals surface area contributed by atoms with Gasteiger partial charge in [0.15, 0.2) is 0 Å². The van der Waals surface area contributed by atoms with Crippen LogP contribution in [-0.2, 0) is 0 Å². The maximum atomic E-state index is 11.2. The molecular weight excluding hydrogens is 322 g/mol. The average Bonchev–Trinajstić information content (AvgIpc) is 2.62. The van der Waals surface area contributed by atoms with Crippen molar-refractivity contribution in [1.29, 1.82) is 0 Å². The molecule has 0 bridgehead atoms. The molecule has 7 heteroatoms. The summed E-state index contributed by atoms with van der Waals surface area (Å²) in [5.74, 6) is 0.0593. The Bertz CT molecular complexity index is 910. The van der Waals surface area contributed by atoms with Crippen LogP contribution in [0.25, 0.3) is 11.3 Å². The first-order chi connectivity index (χ1) is 12.1. The predicted octanol–water partition coefficient (Wildman–Crippen LogP) is 3.30. The summed E-state index contributed by atoms with van der Waals surface area (Å²) in [6, 6.07) is 11.1. The van der Waals surface area contributed by atoms with Crippen LogP contribution >= 0.6 is 0 Å². The minimum Gasteiger partial charge on any atom is -0.508 e. The Morgan fingerprint density at radius 2 is 1.88 bits per heavy atom. The van der Waals surface area contributed by atoms with E-state index in [4.69, 9.17) is 9.84 Å². The number of rotatable bonds is 5. The molecule has 1 aromatic heterocycles. The zero-order chi connectivity index (χ0) is 17.8. The lowest BCUT2D eigenvalue weighted by Gasteiger charge is -2.12. The zero-order valence-electron chi connectivity index (χ0n) is 13.3. The molecule has 0 spiro atoms. The van der Waals surface area contributed by atoms with Gasteiger partial charge in [0.25, 0.3) is 0 Å². The quantitative estimate of drug-likeness (QED) is 0.656. The number of phenols is 1. The summed E-state index contributed by atoms with van der Waals surface area (Å²) in [5, 5.41) is 21.5. The lowest BCUT2D eigenvalue weighted by molar-refractivity contribution is 0.0697. The summed E-state index contributed by atoms with van der Waals surface area (Å²) in [6.07, 6.45) is 3.12. The number of benzene rings is 2. The van der Waals surface area contributed by atoms with E-state index in [0.717, 1.165) is 5.56 Å². The van der Waals surface area contributed by atoms with E-state index in [1.165, 1.54) is 25.4 Å². The number of carboxylic acids is 1. The van der Waals surface area contributed by atoms with Crippen molar-refractivity contribution in [3.63, 3.8) is 0 Å². The lowest BCUT2D eigenvalue weighted by Crippen LogP contribution is -2.02. The molecule has 0 aliphatic heterocycles. The third-order valence-electron chi connectivity index (χ3n) is 3.51. The summed E-state index contributed by atoms with van der Waals surface area (Å²) in [7, 11) is 1.50. The Hall–Kier alpha value is -3.61. The topological polar surface area (TPSA) is 105 Å². The fourth-order valence-electron chi connectivity index (χ4n) is 2.27. The SMILES string of the molecule is COc1ccc(C(=O)O)cc1Nc1cncc(-c2ccc(O)cc2)n1. The van der Waals surface area contributed by atoms with E-state index in [0.29, 0.717) is 22.9 Å². The Kier molecular flexibility index (Phi) is 4.47. The number of methoxy groups -OCH3 is 1. The Labute approximate surface area is 143 Å². The number of aromatic nitrogens is 2. The second-order valence-corrected chi connectivity index (χ2v) is 5.18. The first-order valence-electron chi connectivity index (χ1n) is 7.36. The number of carboxylic acid groups (broad SMARTS) is 1. The van der Waals surface area contributed by atoms with Gasteiger partial charge in [-0.2, -0.15) is 0 Å². The monoisotopic (exact) mass is 337 g/mol. The highest BCUT2D eigenvalue weighted by atomic mass is 16.5. The summed E-state index contributed by atoms with van der Waals surface area (Å²) in [4.78, 5) is 19.8. The van der Waals surface area contributed by atoms with E-state index in [1.807, 2.05) is 0 Å². The average molecular weight is 337 g/mol. The molecule has 25 heavy (non-hydrogen) atoms. The maximum Gasteiger partial charge on any atom is 0.335 e. The van der Waals surface area contributed by atoms with Crippen molar-refractivity contribution in [2.75, 3.05) is 12.4 Å². The third kappa shape index (κ3) is 3.66. The van der Waals surface area contributed by atoms with Crippen molar-refractivity contribution in [1.82, 2.24) is 9.97 Å². The summed E-state index contributed by atoms with van der Waals surface area (Å²) in [6.45, 7) is 0. The molecule has 1 heterocycles. The van der Waals surface area contributed by atoms with E-state index < -0.39 is 5.97 Å². The fourth-order valence-corrected chi connectivity index (χ4v) is 2.27. The van der Waals surface area contributed by atoms with Crippen LogP contribution < -0.4 is 10.1 Å². The number of hydrogen-bond donors (Lipinski definition) is 3. The normalized spacial score (nSPS) is 10.3. The van der Waals surface area contributed by atoms with Gasteiger partial charge < -0.3 is 20.3 Å². The molecule has 7 nitrogen and oxygen atoms in total.